The Kier molecular flexibility index (Phi) is 5.43. The lowest BCUT2D eigenvalue weighted by molar-refractivity contribution is 0.152. The third-order valence-corrected chi connectivity index (χ3v) is 5.80. The SMILES string of the molecule is CC(C)(C)c1cc(=O)n(CC2CCN(CC3CCCC3)CC2)cn1. The van der Waals surface area contributed by atoms with Gasteiger partial charge in [-0.3, -0.25) is 9.36 Å². The number of nitrogens with zero attached hydrogens (tertiary/aromatic N) is 3. The molecule has 0 spiro atoms. The minimum atomic E-state index is -0.0656. The summed E-state index contributed by atoms with van der Waals surface area (Å²) in [4.78, 5) is 19.5. The molecule has 0 bridgehead atoms. The number of aromatic nitrogens is 2. The first-order chi connectivity index (χ1) is 11.4. The molecule has 4 nitrogen and oxygen atoms in total. The van der Waals surface area contributed by atoms with E-state index in [4.69, 9.17) is 0 Å². The van der Waals surface area contributed by atoms with E-state index in [0.717, 1.165) is 18.2 Å². The zero-order chi connectivity index (χ0) is 17.2. The number of likely N-dealkylation sites (tertiary alicyclic amines) is 1. The summed E-state index contributed by atoms with van der Waals surface area (Å²) in [5, 5.41) is 0. The smallest absolute Gasteiger partial charge is 0.253 e. The summed E-state index contributed by atoms with van der Waals surface area (Å²) in [6.07, 6.45) is 9.90. The quantitative estimate of drug-likeness (QED) is 0.848. The molecule has 3 rings (SSSR count). The van der Waals surface area contributed by atoms with Gasteiger partial charge in [0, 0.05) is 24.6 Å². The zero-order valence-electron chi connectivity index (χ0n) is 15.6. The first kappa shape index (κ1) is 17.7. The lowest BCUT2D eigenvalue weighted by atomic mass is 9.92. The van der Waals surface area contributed by atoms with Crippen LogP contribution in [0.3, 0.4) is 0 Å². The molecule has 1 aromatic rings. The van der Waals surface area contributed by atoms with Gasteiger partial charge in [0.05, 0.1) is 12.0 Å². The lowest BCUT2D eigenvalue weighted by Crippen LogP contribution is -2.38. The van der Waals surface area contributed by atoms with Gasteiger partial charge in [0.15, 0.2) is 0 Å². The Labute approximate surface area is 146 Å². The van der Waals surface area contributed by atoms with Crippen molar-refractivity contribution in [1.82, 2.24) is 14.5 Å². The molecule has 1 aliphatic carbocycles. The minimum absolute atomic E-state index is 0.0656. The van der Waals surface area contributed by atoms with Gasteiger partial charge in [-0.25, -0.2) is 4.98 Å². The van der Waals surface area contributed by atoms with Crippen LogP contribution in [0.1, 0.15) is 65.0 Å². The van der Waals surface area contributed by atoms with Crippen molar-refractivity contribution in [2.24, 2.45) is 11.8 Å². The fraction of sp³-hybridized carbons (Fsp3) is 0.800. The van der Waals surface area contributed by atoms with Crippen molar-refractivity contribution in [2.45, 2.75) is 71.3 Å². The van der Waals surface area contributed by atoms with Crippen molar-refractivity contribution in [3.63, 3.8) is 0 Å². The van der Waals surface area contributed by atoms with Gasteiger partial charge < -0.3 is 4.90 Å². The maximum atomic E-state index is 12.4. The van der Waals surface area contributed by atoms with Crippen LogP contribution < -0.4 is 5.56 Å². The predicted octanol–water partition coefficient (Wildman–Crippen LogP) is 3.44. The van der Waals surface area contributed by atoms with E-state index in [-0.39, 0.29) is 11.0 Å². The van der Waals surface area contributed by atoms with E-state index in [1.807, 2.05) is 4.57 Å². The van der Waals surface area contributed by atoms with Crippen molar-refractivity contribution in [2.75, 3.05) is 19.6 Å². The average Bonchev–Trinajstić information content (AvgIpc) is 3.03. The maximum Gasteiger partial charge on any atom is 0.253 e. The van der Waals surface area contributed by atoms with Crippen LogP contribution in [0, 0.1) is 11.8 Å². The highest BCUT2D eigenvalue weighted by molar-refractivity contribution is 5.10. The van der Waals surface area contributed by atoms with Gasteiger partial charge in [0.1, 0.15) is 0 Å². The Morgan fingerprint density at radius 2 is 1.67 bits per heavy atom. The van der Waals surface area contributed by atoms with Crippen molar-refractivity contribution >= 4 is 0 Å². The molecular formula is C20H33N3O. The molecule has 134 valence electrons. The van der Waals surface area contributed by atoms with Gasteiger partial charge in [-0.2, -0.15) is 0 Å². The molecule has 24 heavy (non-hydrogen) atoms. The van der Waals surface area contributed by atoms with Crippen LogP contribution >= 0.6 is 0 Å². The first-order valence-electron chi connectivity index (χ1n) is 9.71. The van der Waals surface area contributed by atoms with Crippen LogP contribution in [-0.4, -0.2) is 34.1 Å². The predicted molar refractivity (Wildman–Crippen MR) is 98.3 cm³/mol. The fourth-order valence-electron chi connectivity index (χ4n) is 4.16. The fourth-order valence-corrected chi connectivity index (χ4v) is 4.16. The highest BCUT2D eigenvalue weighted by Gasteiger charge is 2.24. The number of hydrogen-bond acceptors (Lipinski definition) is 3. The van der Waals surface area contributed by atoms with Gasteiger partial charge >= 0.3 is 0 Å². The Morgan fingerprint density at radius 3 is 2.25 bits per heavy atom. The van der Waals surface area contributed by atoms with E-state index < -0.39 is 0 Å². The summed E-state index contributed by atoms with van der Waals surface area (Å²) >= 11 is 0. The van der Waals surface area contributed by atoms with E-state index in [1.165, 1.54) is 58.2 Å². The maximum absolute atomic E-state index is 12.4. The van der Waals surface area contributed by atoms with Crippen molar-refractivity contribution in [1.29, 1.82) is 0 Å². The van der Waals surface area contributed by atoms with E-state index >= 15 is 0 Å². The number of rotatable bonds is 4. The Bertz CT molecular complexity index is 588. The molecule has 1 aliphatic heterocycles. The van der Waals surface area contributed by atoms with Gasteiger partial charge in [0.2, 0.25) is 0 Å². The summed E-state index contributed by atoms with van der Waals surface area (Å²) in [5.41, 5.74) is 0.919. The van der Waals surface area contributed by atoms with E-state index in [0.29, 0.717) is 5.92 Å². The monoisotopic (exact) mass is 331 g/mol. The normalized spacial score (nSPS) is 21.5. The van der Waals surface area contributed by atoms with Gasteiger partial charge in [-0.05, 0) is 50.6 Å². The third-order valence-electron chi connectivity index (χ3n) is 5.80. The Morgan fingerprint density at radius 1 is 1.04 bits per heavy atom. The Balaban J connectivity index is 1.51. The standard InChI is InChI=1S/C20H33N3O/c1-20(2,3)18-12-19(24)23(15-21-18)14-17-8-10-22(11-9-17)13-16-6-4-5-7-16/h12,15-17H,4-11,13-14H2,1-3H3. The molecule has 1 saturated carbocycles. The Hall–Kier alpha value is -1.16. The molecule has 0 unspecified atom stereocenters. The largest absolute Gasteiger partial charge is 0.303 e. The molecule has 2 aliphatic rings. The van der Waals surface area contributed by atoms with Gasteiger partial charge in [-0.1, -0.05) is 33.6 Å². The van der Waals surface area contributed by atoms with E-state index in [9.17, 15) is 4.79 Å². The average molecular weight is 332 g/mol. The molecular weight excluding hydrogens is 298 g/mol. The molecule has 2 fully saturated rings. The summed E-state index contributed by atoms with van der Waals surface area (Å²) < 4.78 is 1.81. The van der Waals surface area contributed by atoms with Gasteiger partial charge in [0.25, 0.3) is 5.56 Å². The first-order valence-corrected chi connectivity index (χ1v) is 9.71. The second-order valence-corrected chi connectivity index (χ2v) is 8.91. The van der Waals surface area contributed by atoms with Gasteiger partial charge in [-0.15, -0.1) is 0 Å². The van der Waals surface area contributed by atoms with Crippen molar-refractivity contribution < 1.29 is 0 Å². The number of hydrogen-bond donors (Lipinski definition) is 0. The molecule has 2 heterocycles. The molecule has 0 radical (unpaired) electrons. The van der Waals surface area contributed by atoms with Crippen molar-refractivity contribution in [3.05, 3.63) is 28.4 Å². The zero-order valence-corrected chi connectivity index (χ0v) is 15.6. The summed E-state index contributed by atoms with van der Waals surface area (Å²) in [7, 11) is 0. The second kappa shape index (κ2) is 7.38. The molecule has 0 N–H and O–H groups in total. The van der Waals surface area contributed by atoms with E-state index in [2.05, 4.69) is 30.7 Å². The molecule has 0 aromatic carbocycles. The minimum Gasteiger partial charge on any atom is -0.303 e. The molecule has 0 atom stereocenters. The number of piperidine rings is 1. The van der Waals surface area contributed by atoms with E-state index in [1.54, 1.807) is 12.4 Å². The second-order valence-electron chi connectivity index (χ2n) is 8.91. The highest BCUT2D eigenvalue weighted by atomic mass is 16.1. The van der Waals surface area contributed by atoms with Crippen LogP contribution in [0.5, 0.6) is 0 Å². The van der Waals surface area contributed by atoms with Crippen molar-refractivity contribution in [3.8, 4) is 0 Å². The van der Waals surface area contributed by atoms with Crippen LogP contribution in [0.25, 0.3) is 0 Å². The molecule has 4 heteroatoms. The molecule has 0 amide bonds. The lowest BCUT2D eigenvalue weighted by Gasteiger charge is -2.33. The molecule has 1 saturated heterocycles. The van der Waals surface area contributed by atoms with Crippen LogP contribution in [0.4, 0.5) is 0 Å². The van der Waals surface area contributed by atoms with Crippen LogP contribution in [-0.2, 0) is 12.0 Å². The highest BCUT2D eigenvalue weighted by Crippen LogP contribution is 2.27. The van der Waals surface area contributed by atoms with Crippen LogP contribution in [0.2, 0.25) is 0 Å². The third kappa shape index (κ3) is 4.47. The van der Waals surface area contributed by atoms with Crippen LogP contribution in [0.15, 0.2) is 17.2 Å². The summed E-state index contributed by atoms with van der Waals surface area (Å²) in [5.74, 6) is 1.56. The topological polar surface area (TPSA) is 38.1 Å². The summed E-state index contributed by atoms with van der Waals surface area (Å²) in [6.45, 7) is 10.8. The molecule has 1 aromatic heterocycles. The summed E-state index contributed by atoms with van der Waals surface area (Å²) in [6, 6.07) is 1.72.